The first-order chi connectivity index (χ1) is 13.0. The van der Waals surface area contributed by atoms with Crippen LogP contribution in [-0.2, 0) is 16.0 Å². The van der Waals surface area contributed by atoms with Crippen molar-refractivity contribution in [2.45, 2.75) is 37.4 Å². The highest BCUT2D eigenvalue weighted by Gasteiger charge is 2.51. The van der Waals surface area contributed by atoms with Gasteiger partial charge in [-0.3, -0.25) is 0 Å². The molecule has 4 rings (SSSR count). The van der Waals surface area contributed by atoms with Gasteiger partial charge in [0, 0.05) is 5.92 Å². The van der Waals surface area contributed by atoms with Crippen LogP contribution in [0.2, 0.25) is 0 Å². The van der Waals surface area contributed by atoms with Gasteiger partial charge in [-0.15, -0.1) is 0 Å². The molecule has 0 unspecified atom stereocenters. The normalized spacial score (nSPS) is 26.2. The lowest BCUT2D eigenvalue weighted by atomic mass is 9.76. The summed E-state index contributed by atoms with van der Waals surface area (Å²) in [6.07, 6.45) is 3.56. The second-order valence-corrected chi connectivity index (χ2v) is 6.85. The smallest absolute Gasteiger partial charge is 0.357 e. The van der Waals surface area contributed by atoms with Crippen molar-refractivity contribution < 1.29 is 33.7 Å². The molecule has 142 valence electrons. The second-order valence-electron chi connectivity index (χ2n) is 6.85. The van der Waals surface area contributed by atoms with Crippen LogP contribution in [0.4, 0.5) is 0 Å². The molecule has 27 heavy (non-hydrogen) atoms. The number of ether oxygens (including phenoxy) is 2. The number of aromatic carboxylic acids is 1. The molecule has 0 amide bonds. The molecule has 3 heterocycles. The molecule has 0 saturated carbocycles. The lowest BCUT2D eigenvalue weighted by molar-refractivity contribution is -0.139. The molecule has 8 heteroatoms. The number of oxazole rings is 1. The third kappa shape index (κ3) is 3.40. The number of nitrogens with zero attached hydrogens (tertiary/aromatic N) is 1. The topological polar surface area (TPSA) is 119 Å². The van der Waals surface area contributed by atoms with E-state index in [9.17, 15) is 9.59 Å². The Morgan fingerprint density at radius 1 is 1.19 bits per heavy atom. The third-order valence-corrected chi connectivity index (χ3v) is 5.23. The summed E-state index contributed by atoms with van der Waals surface area (Å²) >= 11 is 0. The summed E-state index contributed by atoms with van der Waals surface area (Å²) < 4.78 is 16.9. The molecule has 0 aliphatic carbocycles. The molecule has 2 aliphatic heterocycles. The molecule has 1 aromatic carbocycles. The summed E-state index contributed by atoms with van der Waals surface area (Å²) in [6.45, 7) is -0.407. The summed E-state index contributed by atoms with van der Waals surface area (Å²) in [6, 6.07) is 7.32. The molecular formula is C19H19NO7. The quantitative estimate of drug-likeness (QED) is 0.759. The highest BCUT2D eigenvalue weighted by Crippen LogP contribution is 2.50. The minimum Gasteiger partial charge on any atom is -0.482 e. The van der Waals surface area contributed by atoms with E-state index < -0.39 is 18.5 Å². The fourth-order valence-corrected chi connectivity index (χ4v) is 4.12. The van der Waals surface area contributed by atoms with Gasteiger partial charge in [-0.25, -0.2) is 14.6 Å². The number of carboxylic acid groups (broad SMARTS) is 2. The van der Waals surface area contributed by atoms with Crippen LogP contribution >= 0.6 is 0 Å². The van der Waals surface area contributed by atoms with Crippen molar-refractivity contribution in [1.82, 2.24) is 4.98 Å². The molecule has 2 bridgehead atoms. The fourth-order valence-electron chi connectivity index (χ4n) is 4.12. The van der Waals surface area contributed by atoms with Crippen LogP contribution in [0.5, 0.6) is 5.75 Å². The van der Waals surface area contributed by atoms with Crippen molar-refractivity contribution in [3.63, 3.8) is 0 Å². The zero-order valence-electron chi connectivity index (χ0n) is 14.4. The molecule has 2 aliphatic rings. The zero-order valence-corrected chi connectivity index (χ0v) is 14.4. The van der Waals surface area contributed by atoms with Crippen molar-refractivity contribution in [2.24, 2.45) is 5.92 Å². The number of hydrogen-bond donors (Lipinski definition) is 2. The van der Waals surface area contributed by atoms with Gasteiger partial charge in [0.2, 0.25) is 5.89 Å². The van der Waals surface area contributed by atoms with Crippen LogP contribution in [0, 0.1) is 5.92 Å². The Bertz CT molecular complexity index is 861. The van der Waals surface area contributed by atoms with Gasteiger partial charge in [0.1, 0.15) is 12.0 Å². The zero-order chi connectivity index (χ0) is 19.0. The Balaban J connectivity index is 1.58. The maximum atomic E-state index is 11.1. The molecule has 2 aromatic rings. The average Bonchev–Trinajstić information content (AvgIpc) is 3.36. The van der Waals surface area contributed by atoms with E-state index in [2.05, 4.69) is 4.98 Å². The molecule has 4 atom stereocenters. The fraction of sp³-hybridized carbons (Fsp3) is 0.421. The van der Waals surface area contributed by atoms with Gasteiger partial charge >= 0.3 is 11.9 Å². The van der Waals surface area contributed by atoms with Crippen LogP contribution in [0.1, 0.15) is 40.7 Å². The van der Waals surface area contributed by atoms with Crippen LogP contribution in [0.3, 0.4) is 0 Å². The first kappa shape index (κ1) is 17.5. The SMILES string of the molecule is O=C(O)COc1ccccc1C[C@@H]1[C@H](c2nc(C(=O)O)co2)[C@H]2CC[C@@H]1O2. The van der Waals surface area contributed by atoms with Gasteiger partial charge in [0.25, 0.3) is 0 Å². The lowest BCUT2D eigenvalue weighted by Gasteiger charge is -2.26. The number of benzene rings is 1. The summed E-state index contributed by atoms with van der Waals surface area (Å²) in [7, 11) is 0. The number of carboxylic acids is 2. The van der Waals surface area contributed by atoms with Crippen molar-refractivity contribution in [2.75, 3.05) is 6.61 Å². The minimum atomic E-state index is -1.13. The highest BCUT2D eigenvalue weighted by atomic mass is 16.5. The monoisotopic (exact) mass is 373 g/mol. The molecule has 0 radical (unpaired) electrons. The van der Waals surface area contributed by atoms with Crippen molar-refractivity contribution in [1.29, 1.82) is 0 Å². The van der Waals surface area contributed by atoms with E-state index in [1.807, 2.05) is 12.1 Å². The molecule has 0 spiro atoms. The van der Waals surface area contributed by atoms with E-state index in [1.54, 1.807) is 12.1 Å². The summed E-state index contributed by atoms with van der Waals surface area (Å²) in [5.74, 6) is -1.33. The summed E-state index contributed by atoms with van der Waals surface area (Å²) in [5, 5.41) is 18.0. The minimum absolute atomic E-state index is 0.0349. The maximum absolute atomic E-state index is 11.1. The number of carbonyl (C=O) groups is 2. The lowest BCUT2D eigenvalue weighted by Crippen LogP contribution is -2.28. The average molecular weight is 373 g/mol. The van der Waals surface area contributed by atoms with Gasteiger partial charge in [0.15, 0.2) is 12.3 Å². The summed E-state index contributed by atoms with van der Waals surface area (Å²) in [5.41, 5.74) is 0.770. The van der Waals surface area contributed by atoms with E-state index >= 15 is 0 Å². The van der Waals surface area contributed by atoms with E-state index in [-0.39, 0.29) is 29.7 Å². The largest absolute Gasteiger partial charge is 0.482 e. The summed E-state index contributed by atoms with van der Waals surface area (Å²) in [4.78, 5) is 26.1. The highest BCUT2D eigenvalue weighted by molar-refractivity contribution is 5.84. The predicted octanol–water partition coefficient (Wildman–Crippen LogP) is 2.34. The number of para-hydroxylation sites is 1. The Kier molecular flexibility index (Phi) is 4.57. The van der Waals surface area contributed by atoms with Gasteiger partial charge in [-0.1, -0.05) is 18.2 Å². The van der Waals surface area contributed by atoms with E-state index in [1.165, 1.54) is 0 Å². The Morgan fingerprint density at radius 2 is 1.96 bits per heavy atom. The standard InChI is InChI=1S/C19H19NO7/c21-16(22)9-25-13-4-2-1-3-10(13)7-11-14-5-6-15(27-14)17(11)18-20-12(8-26-18)19(23)24/h1-4,8,11,14-15,17H,5-7,9H2,(H,21,22)(H,23,24)/t11-,14-,15+,17-/m0/s1. The van der Waals surface area contributed by atoms with Crippen LogP contribution < -0.4 is 4.74 Å². The van der Waals surface area contributed by atoms with E-state index in [0.29, 0.717) is 18.1 Å². The number of aliphatic carboxylic acids is 1. The van der Waals surface area contributed by atoms with Gasteiger partial charge in [-0.05, 0) is 30.9 Å². The Hall–Kier alpha value is -2.87. The van der Waals surface area contributed by atoms with E-state index in [0.717, 1.165) is 24.7 Å². The molecule has 2 fully saturated rings. The van der Waals surface area contributed by atoms with Crippen molar-refractivity contribution in [3.8, 4) is 5.75 Å². The number of fused-ring (bicyclic) bond motifs is 2. The molecule has 1 aromatic heterocycles. The predicted molar refractivity (Wildman–Crippen MR) is 90.9 cm³/mol. The van der Waals surface area contributed by atoms with Gasteiger partial charge in [0.05, 0.1) is 18.1 Å². The van der Waals surface area contributed by atoms with Crippen molar-refractivity contribution in [3.05, 3.63) is 47.7 Å². The van der Waals surface area contributed by atoms with Crippen molar-refractivity contribution >= 4 is 11.9 Å². The van der Waals surface area contributed by atoms with Gasteiger partial charge in [-0.2, -0.15) is 0 Å². The maximum Gasteiger partial charge on any atom is 0.357 e. The molecule has 8 nitrogen and oxygen atoms in total. The van der Waals surface area contributed by atoms with E-state index in [4.69, 9.17) is 24.1 Å². The Morgan fingerprint density at radius 3 is 2.70 bits per heavy atom. The van der Waals surface area contributed by atoms with Crippen LogP contribution in [0.25, 0.3) is 0 Å². The Labute approximate surface area is 154 Å². The van der Waals surface area contributed by atoms with Crippen LogP contribution in [0.15, 0.2) is 34.9 Å². The molecule has 2 saturated heterocycles. The third-order valence-electron chi connectivity index (χ3n) is 5.23. The molecule has 2 N–H and O–H groups in total. The second kappa shape index (κ2) is 7.03. The number of aromatic nitrogens is 1. The molecular weight excluding hydrogens is 354 g/mol. The first-order valence-corrected chi connectivity index (χ1v) is 8.79. The van der Waals surface area contributed by atoms with Gasteiger partial charge < -0.3 is 24.1 Å². The van der Waals surface area contributed by atoms with Crippen LogP contribution in [-0.4, -0.2) is 46.0 Å². The number of hydrogen-bond acceptors (Lipinski definition) is 6. The first-order valence-electron chi connectivity index (χ1n) is 8.79. The number of rotatable bonds is 7.